The van der Waals surface area contributed by atoms with Crippen molar-refractivity contribution in [1.29, 1.82) is 5.26 Å². The van der Waals surface area contributed by atoms with E-state index in [0.717, 1.165) is 5.56 Å². The van der Waals surface area contributed by atoms with Crippen molar-refractivity contribution in [2.75, 3.05) is 6.61 Å². The van der Waals surface area contributed by atoms with Crippen molar-refractivity contribution in [2.24, 2.45) is 0 Å². The molecule has 1 aromatic carbocycles. The van der Waals surface area contributed by atoms with Crippen molar-refractivity contribution < 1.29 is 4.43 Å². The maximum atomic E-state index is 8.99. The second kappa shape index (κ2) is 7.11. The largest absolute Gasteiger partial charge is 0.418 e. The number of aromatic nitrogens is 2. The minimum atomic E-state index is -1.11. The Morgan fingerprint density at radius 2 is 1.91 bits per heavy atom. The van der Waals surface area contributed by atoms with Crippen LogP contribution in [-0.2, 0) is 9.84 Å². The van der Waals surface area contributed by atoms with Gasteiger partial charge >= 0.3 is 0 Å². The summed E-state index contributed by atoms with van der Waals surface area (Å²) in [6, 6.07) is 10.0. The van der Waals surface area contributed by atoms with E-state index in [1.165, 1.54) is 5.69 Å². The lowest BCUT2D eigenvalue weighted by atomic mass is 9.91. The van der Waals surface area contributed by atoms with Crippen LogP contribution in [0, 0.1) is 11.3 Å². The van der Waals surface area contributed by atoms with E-state index >= 15 is 0 Å². The summed E-state index contributed by atoms with van der Waals surface area (Å²) in [5, 5.41) is 8.99. The topological polar surface area (TPSA) is 50.8 Å². The molecular formula is C18H25N3OSi. The Hall–Kier alpha value is -1.90. The van der Waals surface area contributed by atoms with E-state index < -0.39 is 9.04 Å². The van der Waals surface area contributed by atoms with Gasteiger partial charge in [-0.05, 0) is 30.8 Å². The van der Waals surface area contributed by atoms with E-state index in [2.05, 4.69) is 49.5 Å². The molecule has 4 nitrogen and oxygen atoms in total. The first-order valence-corrected chi connectivity index (χ1v) is 10.7. The standard InChI is InChI=1S/C18H25N3OSi/c1-18(2,3)17-11-20-13-21(17)16(12-22-23(4)5)15-8-6-14(10-19)7-9-15/h6-9,11,13,16,23H,12H2,1-5H3. The van der Waals surface area contributed by atoms with Gasteiger partial charge in [-0.2, -0.15) is 5.26 Å². The Bertz CT molecular complexity index is 678. The van der Waals surface area contributed by atoms with Crippen LogP contribution >= 0.6 is 0 Å². The fourth-order valence-corrected chi connectivity index (χ4v) is 3.10. The van der Waals surface area contributed by atoms with Crippen LogP contribution in [0.2, 0.25) is 13.1 Å². The van der Waals surface area contributed by atoms with Gasteiger partial charge in [0.2, 0.25) is 0 Å². The second-order valence-electron chi connectivity index (χ2n) is 7.07. The molecule has 23 heavy (non-hydrogen) atoms. The third-order valence-electron chi connectivity index (χ3n) is 3.78. The van der Waals surface area contributed by atoms with Gasteiger partial charge in [0, 0.05) is 17.3 Å². The van der Waals surface area contributed by atoms with Gasteiger partial charge in [0.05, 0.1) is 30.6 Å². The number of hydrogen-bond donors (Lipinski definition) is 0. The summed E-state index contributed by atoms with van der Waals surface area (Å²) in [6.45, 7) is 11.6. The third-order valence-corrected chi connectivity index (χ3v) is 4.64. The minimum absolute atomic E-state index is 0.0105. The minimum Gasteiger partial charge on any atom is -0.418 e. The molecule has 1 heterocycles. The predicted octanol–water partition coefficient (Wildman–Crippen LogP) is 3.64. The summed E-state index contributed by atoms with van der Waals surface area (Å²) in [5.41, 5.74) is 3.01. The van der Waals surface area contributed by atoms with Gasteiger partial charge in [-0.15, -0.1) is 0 Å². The molecule has 0 spiro atoms. The van der Waals surface area contributed by atoms with E-state index in [0.29, 0.717) is 12.2 Å². The normalized spacial score (nSPS) is 13.1. The van der Waals surface area contributed by atoms with Crippen LogP contribution in [-0.4, -0.2) is 25.2 Å². The number of hydrogen-bond acceptors (Lipinski definition) is 3. The molecule has 2 aromatic rings. The second-order valence-corrected chi connectivity index (χ2v) is 9.50. The maximum absolute atomic E-state index is 8.99. The third kappa shape index (κ3) is 4.31. The average molecular weight is 328 g/mol. The number of nitriles is 1. The van der Waals surface area contributed by atoms with Crippen molar-refractivity contribution in [1.82, 2.24) is 9.55 Å². The molecule has 1 unspecified atom stereocenters. The zero-order valence-electron chi connectivity index (χ0n) is 14.6. The van der Waals surface area contributed by atoms with Crippen molar-refractivity contribution in [2.45, 2.75) is 45.3 Å². The monoisotopic (exact) mass is 327 g/mol. The predicted molar refractivity (Wildman–Crippen MR) is 95.1 cm³/mol. The molecule has 5 heteroatoms. The van der Waals surface area contributed by atoms with Crippen molar-refractivity contribution in [3.63, 3.8) is 0 Å². The Labute approximate surface area is 140 Å². The highest BCUT2D eigenvalue weighted by atomic mass is 28.3. The Balaban J connectivity index is 2.42. The molecule has 0 N–H and O–H groups in total. The summed E-state index contributed by atoms with van der Waals surface area (Å²) < 4.78 is 8.24. The molecule has 1 aromatic heterocycles. The smallest absolute Gasteiger partial charge is 0.171 e. The van der Waals surface area contributed by atoms with Crippen molar-refractivity contribution in [3.8, 4) is 6.07 Å². The summed E-state index contributed by atoms with van der Waals surface area (Å²) in [6.07, 6.45) is 3.82. The molecule has 0 aliphatic carbocycles. The Morgan fingerprint density at radius 3 is 2.43 bits per heavy atom. The molecule has 0 bridgehead atoms. The molecule has 0 saturated heterocycles. The van der Waals surface area contributed by atoms with E-state index in [4.69, 9.17) is 9.69 Å². The van der Waals surface area contributed by atoms with Crippen LogP contribution in [0.25, 0.3) is 0 Å². The number of rotatable bonds is 5. The van der Waals surface area contributed by atoms with Gasteiger partial charge in [0.1, 0.15) is 0 Å². The van der Waals surface area contributed by atoms with Gasteiger partial charge in [0.15, 0.2) is 9.04 Å². The van der Waals surface area contributed by atoms with E-state index in [1.807, 2.05) is 36.8 Å². The SMILES string of the molecule is C[SiH](C)OCC(c1ccc(C#N)cc1)n1cncc1C(C)(C)C. The number of nitrogens with zero attached hydrogens (tertiary/aromatic N) is 3. The van der Waals surface area contributed by atoms with Crippen LogP contribution in [0.3, 0.4) is 0 Å². The summed E-state index contributed by atoms with van der Waals surface area (Å²) in [7, 11) is -1.11. The Kier molecular flexibility index (Phi) is 5.40. The number of benzene rings is 1. The number of imidazole rings is 1. The van der Waals surface area contributed by atoms with Crippen LogP contribution in [0.5, 0.6) is 0 Å². The highest BCUT2D eigenvalue weighted by molar-refractivity contribution is 6.48. The van der Waals surface area contributed by atoms with Gasteiger partial charge in [-0.3, -0.25) is 0 Å². The van der Waals surface area contributed by atoms with Crippen molar-refractivity contribution >= 4 is 9.04 Å². The molecule has 122 valence electrons. The molecule has 1 atom stereocenters. The molecule has 0 amide bonds. The molecule has 0 aliphatic heterocycles. The van der Waals surface area contributed by atoms with Crippen molar-refractivity contribution in [3.05, 3.63) is 53.6 Å². The fourth-order valence-electron chi connectivity index (χ4n) is 2.53. The first kappa shape index (κ1) is 17.5. The van der Waals surface area contributed by atoms with E-state index in [1.54, 1.807) is 0 Å². The lowest BCUT2D eigenvalue weighted by molar-refractivity contribution is 0.270. The van der Waals surface area contributed by atoms with Crippen LogP contribution in [0.1, 0.15) is 43.6 Å². The molecule has 0 saturated carbocycles. The zero-order chi connectivity index (χ0) is 17.0. The lowest BCUT2D eigenvalue weighted by Crippen LogP contribution is -2.26. The summed E-state index contributed by atoms with van der Waals surface area (Å²) in [4.78, 5) is 4.36. The molecule has 0 fully saturated rings. The first-order chi connectivity index (χ1) is 10.8. The average Bonchev–Trinajstić information content (AvgIpc) is 2.97. The highest BCUT2D eigenvalue weighted by Crippen LogP contribution is 2.28. The quantitative estimate of drug-likeness (QED) is 0.788. The maximum Gasteiger partial charge on any atom is 0.171 e. The van der Waals surface area contributed by atoms with Gasteiger partial charge in [0.25, 0.3) is 0 Å². The van der Waals surface area contributed by atoms with E-state index in [-0.39, 0.29) is 11.5 Å². The summed E-state index contributed by atoms with van der Waals surface area (Å²) >= 11 is 0. The fraction of sp³-hybridized carbons (Fsp3) is 0.444. The molecule has 0 radical (unpaired) electrons. The Morgan fingerprint density at radius 1 is 1.26 bits per heavy atom. The molecular weight excluding hydrogens is 302 g/mol. The molecule has 0 aliphatic rings. The first-order valence-electron chi connectivity index (χ1n) is 7.97. The van der Waals surface area contributed by atoms with Gasteiger partial charge < -0.3 is 8.99 Å². The van der Waals surface area contributed by atoms with Crippen LogP contribution in [0.15, 0.2) is 36.8 Å². The zero-order valence-corrected chi connectivity index (χ0v) is 15.7. The van der Waals surface area contributed by atoms with Gasteiger partial charge in [-0.25, -0.2) is 4.98 Å². The van der Waals surface area contributed by atoms with E-state index in [9.17, 15) is 0 Å². The van der Waals surface area contributed by atoms with Crippen LogP contribution in [0.4, 0.5) is 0 Å². The lowest BCUT2D eigenvalue weighted by Gasteiger charge is -2.27. The summed E-state index contributed by atoms with van der Waals surface area (Å²) in [5.74, 6) is 0. The highest BCUT2D eigenvalue weighted by Gasteiger charge is 2.24. The van der Waals surface area contributed by atoms with Gasteiger partial charge in [-0.1, -0.05) is 32.9 Å². The molecule has 2 rings (SSSR count). The van der Waals surface area contributed by atoms with Crippen LogP contribution < -0.4 is 0 Å².